The van der Waals surface area contributed by atoms with Crippen LogP contribution in [0.4, 0.5) is 0 Å². The average molecular weight is 353 g/mol. The summed E-state index contributed by atoms with van der Waals surface area (Å²) in [5.74, 6) is 0.192. The van der Waals surface area contributed by atoms with Gasteiger partial charge in [0.15, 0.2) is 5.25 Å². The fraction of sp³-hybridized carbons (Fsp3) is 0.611. The zero-order valence-corrected chi connectivity index (χ0v) is 15.6. The molecule has 0 N–H and O–H groups in total. The van der Waals surface area contributed by atoms with E-state index >= 15 is 0 Å². The summed E-state index contributed by atoms with van der Waals surface area (Å²) >= 11 is 0. The smallest absolute Gasteiger partial charge is 0.241 e. The molecule has 1 heterocycles. The SMILES string of the molecule is CC(C(=O)N(C)C)S(=O)(=O)N1CCC(CCc2ccccc2)CC1. The van der Waals surface area contributed by atoms with Crippen molar-refractivity contribution in [3.63, 3.8) is 0 Å². The van der Waals surface area contributed by atoms with Crippen LogP contribution in [0, 0.1) is 5.92 Å². The number of carbonyl (C=O) groups is 1. The molecule has 1 atom stereocenters. The number of aryl methyl sites for hydroxylation is 1. The highest BCUT2D eigenvalue weighted by Gasteiger charge is 2.36. The van der Waals surface area contributed by atoms with Crippen molar-refractivity contribution in [2.45, 2.75) is 37.9 Å². The lowest BCUT2D eigenvalue weighted by Crippen LogP contribution is -2.47. The lowest BCUT2D eigenvalue weighted by molar-refractivity contribution is -0.128. The third-order valence-corrected chi connectivity index (χ3v) is 7.03. The van der Waals surface area contributed by atoms with Crippen molar-refractivity contribution in [2.24, 2.45) is 5.92 Å². The van der Waals surface area contributed by atoms with Gasteiger partial charge in [-0.3, -0.25) is 4.79 Å². The molecule has 6 heteroatoms. The van der Waals surface area contributed by atoms with Gasteiger partial charge in [0.1, 0.15) is 0 Å². The number of nitrogens with zero attached hydrogens (tertiary/aromatic N) is 2. The van der Waals surface area contributed by atoms with Gasteiger partial charge < -0.3 is 4.90 Å². The standard InChI is InChI=1S/C18H28N2O3S/c1-15(18(21)19(2)3)24(22,23)20-13-11-17(12-14-20)10-9-16-7-5-4-6-8-16/h4-8,15,17H,9-14H2,1-3H3. The first-order valence-electron chi connectivity index (χ1n) is 8.56. The Morgan fingerprint density at radius 2 is 1.79 bits per heavy atom. The van der Waals surface area contributed by atoms with Gasteiger partial charge in [-0.25, -0.2) is 12.7 Å². The Balaban J connectivity index is 1.86. The zero-order valence-electron chi connectivity index (χ0n) is 14.8. The number of hydrogen-bond donors (Lipinski definition) is 0. The molecule has 1 amide bonds. The van der Waals surface area contributed by atoms with Crippen molar-refractivity contribution in [2.75, 3.05) is 27.2 Å². The molecule has 2 rings (SSSR count). The Morgan fingerprint density at radius 1 is 1.21 bits per heavy atom. The summed E-state index contributed by atoms with van der Waals surface area (Å²) in [6.45, 7) is 2.53. The first kappa shape index (κ1) is 18.9. The Morgan fingerprint density at radius 3 is 2.33 bits per heavy atom. The topological polar surface area (TPSA) is 57.7 Å². The molecule has 1 unspecified atom stereocenters. The molecule has 1 aromatic carbocycles. The quantitative estimate of drug-likeness (QED) is 0.788. The van der Waals surface area contributed by atoms with Gasteiger partial charge >= 0.3 is 0 Å². The number of rotatable bonds is 6. The van der Waals surface area contributed by atoms with E-state index in [1.165, 1.54) is 21.7 Å². The van der Waals surface area contributed by atoms with Crippen LogP contribution in [-0.2, 0) is 21.2 Å². The highest BCUT2D eigenvalue weighted by Crippen LogP contribution is 2.25. The van der Waals surface area contributed by atoms with Gasteiger partial charge in [0.2, 0.25) is 15.9 Å². The second-order valence-corrected chi connectivity index (χ2v) is 9.04. The van der Waals surface area contributed by atoms with E-state index in [2.05, 4.69) is 12.1 Å². The molecule has 0 aliphatic carbocycles. The van der Waals surface area contributed by atoms with Crippen molar-refractivity contribution >= 4 is 15.9 Å². The summed E-state index contributed by atoms with van der Waals surface area (Å²) < 4.78 is 26.7. The second kappa shape index (κ2) is 8.12. The van der Waals surface area contributed by atoms with E-state index in [1.54, 1.807) is 14.1 Å². The van der Waals surface area contributed by atoms with Gasteiger partial charge in [0.25, 0.3) is 0 Å². The number of sulfonamides is 1. The van der Waals surface area contributed by atoms with Gasteiger partial charge in [0.05, 0.1) is 0 Å². The normalized spacial score (nSPS) is 18.3. The monoisotopic (exact) mass is 352 g/mol. The van der Waals surface area contributed by atoms with E-state index < -0.39 is 15.3 Å². The average Bonchev–Trinajstić information content (AvgIpc) is 2.59. The molecule has 0 spiro atoms. The minimum Gasteiger partial charge on any atom is -0.348 e. The van der Waals surface area contributed by atoms with Crippen LogP contribution in [0.3, 0.4) is 0 Å². The van der Waals surface area contributed by atoms with Crippen LogP contribution in [0.15, 0.2) is 30.3 Å². The Labute approximate surface area is 145 Å². The second-order valence-electron chi connectivity index (χ2n) is 6.79. The molecule has 0 saturated carbocycles. The molecule has 1 saturated heterocycles. The third-order valence-electron chi connectivity index (χ3n) is 4.85. The molecule has 1 fully saturated rings. The van der Waals surface area contributed by atoms with Gasteiger partial charge in [-0.05, 0) is 44.1 Å². The van der Waals surface area contributed by atoms with Gasteiger partial charge in [-0.2, -0.15) is 0 Å². The van der Waals surface area contributed by atoms with Crippen LogP contribution in [0.1, 0.15) is 31.7 Å². The molecule has 5 nitrogen and oxygen atoms in total. The maximum Gasteiger partial charge on any atom is 0.241 e. The minimum absolute atomic E-state index is 0.360. The van der Waals surface area contributed by atoms with Crippen molar-refractivity contribution < 1.29 is 13.2 Å². The summed E-state index contributed by atoms with van der Waals surface area (Å²) in [6.07, 6.45) is 3.86. The Hall–Kier alpha value is -1.40. The Bertz CT molecular complexity index is 635. The molecule has 1 aliphatic heterocycles. The predicted octanol–water partition coefficient (Wildman–Crippen LogP) is 2.14. The number of amides is 1. The summed E-state index contributed by atoms with van der Waals surface area (Å²) in [4.78, 5) is 13.3. The van der Waals surface area contributed by atoms with E-state index in [0.717, 1.165) is 25.7 Å². The van der Waals surface area contributed by atoms with Crippen molar-refractivity contribution in [1.29, 1.82) is 0 Å². The maximum absolute atomic E-state index is 12.6. The molecule has 134 valence electrons. The Kier molecular flexibility index (Phi) is 6.40. The van der Waals surface area contributed by atoms with Crippen molar-refractivity contribution in [1.82, 2.24) is 9.21 Å². The molecule has 1 aliphatic rings. The fourth-order valence-corrected chi connectivity index (χ4v) is 4.82. The molecule has 24 heavy (non-hydrogen) atoms. The number of carbonyl (C=O) groups excluding carboxylic acids is 1. The molecule has 0 bridgehead atoms. The minimum atomic E-state index is -3.55. The summed E-state index contributed by atoms with van der Waals surface area (Å²) in [6, 6.07) is 10.4. The van der Waals surface area contributed by atoms with Crippen LogP contribution in [0.5, 0.6) is 0 Å². The number of benzene rings is 1. The molecular weight excluding hydrogens is 324 g/mol. The zero-order chi connectivity index (χ0) is 17.7. The van der Waals surface area contributed by atoms with E-state index in [-0.39, 0.29) is 5.91 Å². The highest BCUT2D eigenvalue weighted by atomic mass is 32.2. The van der Waals surface area contributed by atoms with Crippen molar-refractivity contribution in [3.05, 3.63) is 35.9 Å². The molecule has 0 radical (unpaired) electrons. The number of piperidine rings is 1. The third kappa shape index (κ3) is 4.57. The molecular formula is C18H28N2O3S. The van der Waals surface area contributed by atoms with Crippen LogP contribution in [0.2, 0.25) is 0 Å². The van der Waals surface area contributed by atoms with Gasteiger partial charge in [-0.1, -0.05) is 30.3 Å². The fourth-order valence-electron chi connectivity index (χ4n) is 3.18. The van der Waals surface area contributed by atoms with Gasteiger partial charge in [0, 0.05) is 27.2 Å². The highest BCUT2D eigenvalue weighted by molar-refractivity contribution is 7.90. The first-order valence-corrected chi connectivity index (χ1v) is 10.1. The van der Waals surface area contributed by atoms with Crippen LogP contribution >= 0.6 is 0 Å². The summed E-state index contributed by atoms with van der Waals surface area (Å²) in [7, 11) is -0.380. The maximum atomic E-state index is 12.6. The van der Waals surface area contributed by atoms with Crippen LogP contribution in [-0.4, -0.2) is 56.0 Å². The molecule has 1 aromatic rings. The summed E-state index contributed by atoms with van der Waals surface area (Å²) in [5.41, 5.74) is 1.33. The lowest BCUT2D eigenvalue weighted by Gasteiger charge is -2.33. The van der Waals surface area contributed by atoms with Crippen LogP contribution < -0.4 is 0 Å². The first-order chi connectivity index (χ1) is 11.3. The van der Waals surface area contributed by atoms with E-state index in [1.807, 2.05) is 18.2 Å². The molecule has 0 aromatic heterocycles. The van der Waals surface area contributed by atoms with Gasteiger partial charge in [-0.15, -0.1) is 0 Å². The predicted molar refractivity (Wildman–Crippen MR) is 96.1 cm³/mol. The van der Waals surface area contributed by atoms with Crippen LogP contribution in [0.25, 0.3) is 0 Å². The van der Waals surface area contributed by atoms with Crippen molar-refractivity contribution in [3.8, 4) is 0 Å². The van der Waals surface area contributed by atoms with E-state index in [0.29, 0.717) is 19.0 Å². The number of hydrogen-bond acceptors (Lipinski definition) is 3. The van der Waals surface area contributed by atoms with E-state index in [9.17, 15) is 13.2 Å². The van der Waals surface area contributed by atoms with E-state index in [4.69, 9.17) is 0 Å². The lowest BCUT2D eigenvalue weighted by atomic mass is 9.91. The largest absolute Gasteiger partial charge is 0.348 e. The summed E-state index contributed by atoms with van der Waals surface area (Å²) in [5, 5.41) is -1.01.